The fraction of sp³-hybridized carbons (Fsp3) is 0.417. The number of hydrogen-bond donors (Lipinski definition) is 2. The molecule has 4 nitrogen and oxygen atoms in total. The number of anilines is 1. The summed E-state index contributed by atoms with van der Waals surface area (Å²) >= 11 is 0. The molecule has 2 N–H and O–H groups in total. The van der Waals surface area contributed by atoms with E-state index in [2.05, 4.69) is 10.6 Å². The van der Waals surface area contributed by atoms with Crippen LogP contribution in [0, 0.1) is 0 Å². The van der Waals surface area contributed by atoms with E-state index in [1.807, 2.05) is 25.2 Å². The van der Waals surface area contributed by atoms with Gasteiger partial charge in [-0.15, -0.1) is 0 Å². The Morgan fingerprint density at radius 1 is 1.50 bits per heavy atom. The Labute approximate surface area is 95.0 Å². The molecule has 1 amide bonds. The van der Waals surface area contributed by atoms with E-state index in [1.54, 1.807) is 0 Å². The minimum atomic E-state index is 0.0181. The minimum Gasteiger partial charge on any atom is -0.491 e. The van der Waals surface area contributed by atoms with Gasteiger partial charge in [-0.25, -0.2) is 0 Å². The maximum Gasteiger partial charge on any atom is 0.227 e. The van der Waals surface area contributed by atoms with Gasteiger partial charge in [-0.1, -0.05) is 6.07 Å². The summed E-state index contributed by atoms with van der Waals surface area (Å²) in [5.41, 5.74) is 1.98. The molecule has 86 valence electrons. The van der Waals surface area contributed by atoms with E-state index in [-0.39, 0.29) is 5.91 Å². The highest BCUT2D eigenvalue weighted by molar-refractivity contribution is 5.93. The van der Waals surface area contributed by atoms with Gasteiger partial charge in [0.25, 0.3) is 0 Å². The molecular formula is C12H16N2O2. The van der Waals surface area contributed by atoms with Crippen LogP contribution in [0.25, 0.3) is 0 Å². The summed E-state index contributed by atoms with van der Waals surface area (Å²) in [6.45, 7) is 1.38. The second-order valence-corrected chi connectivity index (χ2v) is 3.83. The van der Waals surface area contributed by atoms with Gasteiger partial charge >= 0.3 is 0 Å². The molecule has 1 aliphatic heterocycles. The molecule has 0 aliphatic carbocycles. The fourth-order valence-corrected chi connectivity index (χ4v) is 1.69. The molecule has 1 aromatic carbocycles. The van der Waals surface area contributed by atoms with Crippen LogP contribution >= 0.6 is 0 Å². The number of benzene rings is 1. The summed E-state index contributed by atoms with van der Waals surface area (Å²) in [6, 6.07) is 5.94. The first-order valence-electron chi connectivity index (χ1n) is 5.50. The second-order valence-electron chi connectivity index (χ2n) is 3.83. The molecule has 0 saturated carbocycles. The van der Waals surface area contributed by atoms with E-state index < -0.39 is 0 Å². The van der Waals surface area contributed by atoms with Crippen LogP contribution in [0.5, 0.6) is 5.75 Å². The maximum absolute atomic E-state index is 11.4. The number of rotatable bonds is 3. The summed E-state index contributed by atoms with van der Waals surface area (Å²) in [7, 11) is 1.92. The summed E-state index contributed by atoms with van der Waals surface area (Å²) < 4.78 is 5.48. The predicted molar refractivity (Wildman–Crippen MR) is 62.8 cm³/mol. The Morgan fingerprint density at radius 2 is 2.38 bits per heavy atom. The number of hydrogen-bond acceptors (Lipinski definition) is 3. The summed E-state index contributed by atoms with van der Waals surface area (Å²) in [5.74, 6) is 0.781. The zero-order chi connectivity index (χ0) is 11.4. The largest absolute Gasteiger partial charge is 0.491 e. The van der Waals surface area contributed by atoms with E-state index in [9.17, 15) is 4.79 Å². The number of fused-ring (bicyclic) bond motifs is 1. The third-order valence-corrected chi connectivity index (χ3v) is 2.57. The molecule has 0 atom stereocenters. The number of carbonyl (C=O) groups is 1. The van der Waals surface area contributed by atoms with E-state index >= 15 is 0 Å². The number of carbonyl (C=O) groups excluding carboxylic acids is 1. The van der Waals surface area contributed by atoms with E-state index in [0.29, 0.717) is 13.0 Å². The molecule has 0 bridgehead atoms. The average Bonchev–Trinajstić information content (AvgIpc) is 2.46. The normalized spacial score (nSPS) is 14.7. The van der Waals surface area contributed by atoms with Crippen LogP contribution in [0.4, 0.5) is 5.69 Å². The zero-order valence-electron chi connectivity index (χ0n) is 9.38. The van der Waals surface area contributed by atoms with Crippen molar-refractivity contribution in [2.24, 2.45) is 0 Å². The van der Waals surface area contributed by atoms with Gasteiger partial charge in [0.05, 0.1) is 18.7 Å². The van der Waals surface area contributed by atoms with Crippen LogP contribution in [0.2, 0.25) is 0 Å². The van der Waals surface area contributed by atoms with E-state index in [1.165, 1.54) is 5.56 Å². The van der Waals surface area contributed by atoms with Gasteiger partial charge in [-0.2, -0.15) is 0 Å². The SMILES string of the molecule is CNCCc1ccc2c(c1)NC(=O)CCO2. The Bertz CT molecular complexity index is 391. The lowest BCUT2D eigenvalue weighted by Crippen LogP contribution is -2.12. The van der Waals surface area contributed by atoms with Crippen LogP contribution in [-0.2, 0) is 11.2 Å². The van der Waals surface area contributed by atoms with E-state index in [4.69, 9.17) is 4.74 Å². The first-order chi connectivity index (χ1) is 7.79. The lowest BCUT2D eigenvalue weighted by Gasteiger charge is -2.09. The number of amides is 1. The zero-order valence-corrected chi connectivity index (χ0v) is 9.38. The quantitative estimate of drug-likeness (QED) is 0.804. The van der Waals surface area contributed by atoms with Crippen molar-refractivity contribution in [2.45, 2.75) is 12.8 Å². The first-order valence-corrected chi connectivity index (χ1v) is 5.50. The molecule has 16 heavy (non-hydrogen) atoms. The molecule has 0 radical (unpaired) electrons. The topological polar surface area (TPSA) is 50.4 Å². The lowest BCUT2D eigenvalue weighted by atomic mass is 10.1. The second kappa shape index (κ2) is 4.99. The highest BCUT2D eigenvalue weighted by atomic mass is 16.5. The van der Waals surface area contributed by atoms with Gasteiger partial charge in [0.2, 0.25) is 5.91 Å². The Hall–Kier alpha value is -1.55. The predicted octanol–water partition coefficient (Wildman–Crippen LogP) is 1.17. The summed E-state index contributed by atoms with van der Waals surface area (Å²) in [5, 5.41) is 5.95. The highest BCUT2D eigenvalue weighted by Gasteiger charge is 2.13. The molecule has 0 saturated heterocycles. The molecule has 1 aromatic rings. The molecule has 4 heteroatoms. The van der Waals surface area contributed by atoms with Crippen molar-refractivity contribution < 1.29 is 9.53 Å². The van der Waals surface area contributed by atoms with Gasteiger partial charge in [0, 0.05) is 0 Å². The number of ether oxygens (including phenoxy) is 1. The van der Waals surface area contributed by atoms with Crippen LogP contribution in [0.1, 0.15) is 12.0 Å². The van der Waals surface area contributed by atoms with Crippen LogP contribution in [0.15, 0.2) is 18.2 Å². The van der Waals surface area contributed by atoms with Gasteiger partial charge in [0.1, 0.15) is 5.75 Å². The molecule has 0 unspecified atom stereocenters. The lowest BCUT2D eigenvalue weighted by molar-refractivity contribution is -0.116. The maximum atomic E-state index is 11.4. The standard InChI is InChI=1S/C12H16N2O2/c1-13-6-4-9-2-3-11-10(8-9)14-12(15)5-7-16-11/h2-3,8,13H,4-7H2,1H3,(H,14,15). The van der Waals surface area contributed by atoms with Gasteiger partial charge in [-0.05, 0) is 37.7 Å². The van der Waals surface area contributed by atoms with Crippen molar-refractivity contribution in [1.82, 2.24) is 5.32 Å². The Balaban J connectivity index is 2.19. The van der Waals surface area contributed by atoms with Crippen molar-refractivity contribution in [2.75, 3.05) is 25.5 Å². The van der Waals surface area contributed by atoms with Gasteiger partial charge in [0.15, 0.2) is 0 Å². The summed E-state index contributed by atoms with van der Waals surface area (Å²) in [4.78, 5) is 11.4. The monoisotopic (exact) mass is 220 g/mol. The average molecular weight is 220 g/mol. The van der Waals surface area contributed by atoms with Crippen molar-refractivity contribution in [3.63, 3.8) is 0 Å². The molecule has 0 fully saturated rings. The third-order valence-electron chi connectivity index (χ3n) is 2.57. The van der Waals surface area contributed by atoms with Crippen molar-refractivity contribution >= 4 is 11.6 Å². The third kappa shape index (κ3) is 2.52. The van der Waals surface area contributed by atoms with Crippen LogP contribution in [0.3, 0.4) is 0 Å². The highest BCUT2D eigenvalue weighted by Crippen LogP contribution is 2.28. The molecule has 2 rings (SSSR count). The van der Waals surface area contributed by atoms with Crippen molar-refractivity contribution in [3.05, 3.63) is 23.8 Å². The Morgan fingerprint density at radius 3 is 3.19 bits per heavy atom. The fourth-order valence-electron chi connectivity index (χ4n) is 1.69. The van der Waals surface area contributed by atoms with Crippen molar-refractivity contribution in [1.29, 1.82) is 0 Å². The summed E-state index contributed by atoms with van der Waals surface area (Å²) in [6.07, 6.45) is 1.36. The Kier molecular flexibility index (Phi) is 3.41. The molecular weight excluding hydrogens is 204 g/mol. The number of nitrogens with one attached hydrogen (secondary N) is 2. The van der Waals surface area contributed by atoms with Gasteiger partial charge in [-0.3, -0.25) is 4.79 Å². The minimum absolute atomic E-state index is 0.0181. The van der Waals surface area contributed by atoms with Crippen LogP contribution < -0.4 is 15.4 Å². The molecule has 1 heterocycles. The molecule has 0 aromatic heterocycles. The number of likely N-dealkylation sites (N-methyl/N-ethyl adjacent to an activating group) is 1. The smallest absolute Gasteiger partial charge is 0.227 e. The molecule has 1 aliphatic rings. The van der Waals surface area contributed by atoms with Crippen molar-refractivity contribution in [3.8, 4) is 5.75 Å². The van der Waals surface area contributed by atoms with E-state index in [0.717, 1.165) is 24.4 Å². The van der Waals surface area contributed by atoms with Gasteiger partial charge < -0.3 is 15.4 Å². The van der Waals surface area contributed by atoms with Crippen LogP contribution in [-0.4, -0.2) is 26.1 Å². The molecule has 0 spiro atoms. The first kappa shape index (κ1) is 11.0.